The number of hydrogen-bond acceptors (Lipinski definition) is 4. The summed E-state index contributed by atoms with van der Waals surface area (Å²) >= 11 is 0. The van der Waals surface area contributed by atoms with E-state index in [-0.39, 0.29) is 23.3 Å². The Morgan fingerprint density at radius 1 is 0.756 bits per heavy atom. The minimum Gasteiger partial charge on any atom is -0.489 e. The van der Waals surface area contributed by atoms with Crippen LogP contribution in [0.4, 0.5) is 0 Å². The van der Waals surface area contributed by atoms with Crippen LogP contribution in [0.2, 0.25) is 0 Å². The minimum atomic E-state index is -0.714. The predicted molar refractivity (Wildman–Crippen MR) is 185 cm³/mol. The van der Waals surface area contributed by atoms with Crippen molar-refractivity contribution >= 4 is 11.8 Å². The van der Waals surface area contributed by atoms with Crippen LogP contribution in [0.5, 0.6) is 5.75 Å². The summed E-state index contributed by atoms with van der Waals surface area (Å²) in [5.74, 6) is 0.903. The van der Waals surface area contributed by atoms with E-state index in [4.69, 9.17) is 4.74 Å². The van der Waals surface area contributed by atoms with Gasteiger partial charge in [0.05, 0.1) is 6.04 Å². The maximum atomic E-state index is 14.0. The number of benzene rings is 3. The van der Waals surface area contributed by atoms with Crippen molar-refractivity contribution in [1.29, 1.82) is 0 Å². The van der Waals surface area contributed by atoms with Crippen LogP contribution in [0.3, 0.4) is 0 Å². The van der Waals surface area contributed by atoms with Crippen LogP contribution in [-0.2, 0) is 34.6 Å². The number of nitrogens with zero attached hydrogens (tertiary/aromatic N) is 1. The first-order chi connectivity index (χ1) is 21.1. The van der Waals surface area contributed by atoms with Gasteiger partial charge in [0, 0.05) is 18.5 Å². The standard InChI is InChI=1S/C39H55N3O3/c1-28(2)15-24-35(42(9)26-30-16-20-32(21-17-30)38(3,4)5)37(44)40-34(36(43)41-39(6,7)8)25-29-18-22-33(23-19-29)45-27-31-13-11-10-12-14-31/h10-14,16-23,28,34-35H,15,24-27H2,1-9H3,(H,40,44)(H,41,43)/t34-,35-/m0/s1. The average molecular weight is 614 g/mol. The van der Waals surface area contributed by atoms with Gasteiger partial charge in [0.1, 0.15) is 18.4 Å². The highest BCUT2D eigenvalue weighted by Gasteiger charge is 2.30. The summed E-state index contributed by atoms with van der Waals surface area (Å²) in [4.78, 5) is 29.6. The van der Waals surface area contributed by atoms with E-state index in [0.29, 0.717) is 31.9 Å². The zero-order chi connectivity index (χ0) is 33.2. The molecule has 0 radical (unpaired) electrons. The van der Waals surface area contributed by atoms with Crippen molar-refractivity contribution in [2.45, 2.75) is 111 Å². The molecule has 6 nitrogen and oxygen atoms in total. The lowest BCUT2D eigenvalue weighted by Crippen LogP contribution is -2.56. The van der Waals surface area contributed by atoms with Crippen molar-refractivity contribution in [2.24, 2.45) is 5.92 Å². The highest BCUT2D eigenvalue weighted by Crippen LogP contribution is 2.23. The van der Waals surface area contributed by atoms with Gasteiger partial charge in [-0.1, -0.05) is 101 Å². The number of rotatable bonds is 14. The zero-order valence-corrected chi connectivity index (χ0v) is 28.9. The molecule has 244 valence electrons. The number of ether oxygens (including phenoxy) is 1. The van der Waals surface area contributed by atoms with Crippen LogP contribution in [0, 0.1) is 5.92 Å². The lowest BCUT2D eigenvalue weighted by atomic mass is 9.86. The quantitative estimate of drug-likeness (QED) is 0.198. The Labute approximate surface area is 272 Å². The topological polar surface area (TPSA) is 70.7 Å². The fraction of sp³-hybridized carbons (Fsp3) is 0.487. The fourth-order valence-corrected chi connectivity index (χ4v) is 5.18. The summed E-state index contributed by atoms with van der Waals surface area (Å²) in [7, 11) is 2.00. The molecule has 45 heavy (non-hydrogen) atoms. The number of carbonyl (C=O) groups excluding carboxylic acids is 2. The van der Waals surface area contributed by atoms with Crippen LogP contribution in [-0.4, -0.2) is 41.4 Å². The number of hydrogen-bond donors (Lipinski definition) is 2. The van der Waals surface area contributed by atoms with Gasteiger partial charge < -0.3 is 15.4 Å². The van der Waals surface area contributed by atoms with Crippen molar-refractivity contribution in [2.75, 3.05) is 7.05 Å². The summed E-state index contributed by atoms with van der Waals surface area (Å²) in [6.45, 7) is 18.0. The summed E-state index contributed by atoms with van der Waals surface area (Å²) in [6.07, 6.45) is 2.00. The number of likely N-dealkylation sites (N-methyl/N-ethyl adjacent to an activating group) is 1. The van der Waals surface area contributed by atoms with Gasteiger partial charge in [-0.3, -0.25) is 14.5 Å². The molecule has 3 aromatic carbocycles. The second kappa shape index (κ2) is 16.1. The molecule has 2 amide bonds. The second-order valence-corrected chi connectivity index (χ2v) is 14.8. The molecule has 0 aliphatic heterocycles. The van der Waals surface area contributed by atoms with Crippen molar-refractivity contribution < 1.29 is 14.3 Å². The Balaban J connectivity index is 1.75. The molecule has 2 N–H and O–H groups in total. The van der Waals surface area contributed by atoms with E-state index in [0.717, 1.165) is 28.9 Å². The molecule has 0 heterocycles. The third-order valence-corrected chi connectivity index (χ3v) is 7.85. The van der Waals surface area contributed by atoms with Crippen LogP contribution in [0.1, 0.15) is 90.5 Å². The molecule has 3 aromatic rings. The molecule has 0 aliphatic carbocycles. The van der Waals surface area contributed by atoms with Crippen molar-refractivity contribution in [1.82, 2.24) is 15.5 Å². The normalized spacial score (nSPS) is 13.4. The largest absolute Gasteiger partial charge is 0.489 e. The van der Waals surface area contributed by atoms with Crippen LogP contribution in [0.15, 0.2) is 78.9 Å². The lowest BCUT2D eigenvalue weighted by molar-refractivity contribution is -0.132. The molecule has 0 aromatic heterocycles. The third kappa shape index (κ3) is 12.3. The predicted octanol–water partition coefficient (Wildman–Crippen LogP) is 7.44. The third-order valence-electron chi connectivity index (χ3n) is 7.85. The number of carbonyl (C=O) groups is 2. The molecular formula is C39H55N3O3. The summed E-state index contributed by atoms with van der Waals surface area (Å²) in [5, 5.41) is 6.22. The van der Waals surface area contributed by atoms with Gasteiger partial charge in [-0.05, 0) is 86.4 Å². The SMILES string of the molecule is CC(C)CC[C@@H](C(=O)N[C@@H](Cc1ccc(OCc2ccccc2)cc1)C(=O)NC(C)(C)C)N(C)Cc1ccc(C(C)(C)C)cc1. The maximum Gasteiger partial charge on any atom is 0.243 e. The molecule has 0 saturated carbocycles. The summed E-state index contributed by atoms with van der Waals surface area (Å²) in [6, 6.07) is 25.4. The van der Waals surface area contributed by atoms with Gasteiger partial charge in [-0.2, -0.15) is 0 Å². The van der Waals surface area contributed by atoms with E-state index in [1.54, 1.807) is 0 Å². The molecule has 2 atom stereocenters. The zero-order valence-electron chi connectivity index (χ0n) is 28.9. The summed E-state index contributed by atoms with van der Waals surface area (Å²) in [5.41, 5.74) is 4.14. The van der Waals surface area contributed by atoms with Gasteiger partial charge in [-0.15, -0.1) is 0 Å². The van der Waals surface area contributed by atoms with E-state index < -0.39 is 11.6 Å². The monoisotopic (exact) mass is 613 g/mol. The highest BCUT2D eigenvalue weighted by molar-refractivity contribution is 5.90. The lowest BCUT2D eigenvalue weighted by Gasteiger charge is -2.31. The Bertz CT molecular complexity index is 1340. The maximum absolute atomic E-state index is 14.0. The van der Waals surface area contributed by atoms with Crippen LogP contribution < -0.4 is 15.4 Å². The van der Waals surface area contributed by atoms with Gasteiger partial charge in [0.25, 0.3) is 0 Å². The smallest absolute Gasteiger partial charge is 0.243 e. The average Bonchev–Trinajstić information content (AvgIpc) is 2.96. The Morgan fingerprint density at radius 2 is 1.36 bits per heavy atom. The molecule has 6 heteroatoms. The van der Waals surface area contributed by atoms with Crippen LogP contribution in [0.25, 0.3) is 0 Å². The number of nitrogens with one attached hydrogen (secondary N) is 2. The molecular weight excluding hydrogens is 558 g/mol. The van der Waals surface area contributed by atoms with Crippen molar-refractivity contribution in [3.63, 3.8) is 0 Å². The highest BCUT2D eigenvalue weighted by atomic mass is 16.5. The van der Waals surface area contributed by atoms with Gasteiger partial charge >= 0.3 is 0 Å². The number of amides is 2. The molecule has 0 spiro atoms. The van der Waals surface area contributed by atoms with Gasteiger partial charge in [0.2, 0.25) is 11.8 Å². The van der Waals surface area contributed by atoms with E-state index in [2.05, 4.69) is 74.4 Å². The van der Waals surface area contributed by atoms with Gasteiger partial charge in [-0.25, -0.2) is 0 Å². The Hall–Kier alpha value is -3.64. The first kappa shape index (κ1) is 35.8. The van der Waals surface area contributed by atoms with Crippen LogP contribution >= 0.6 is 0 Å². The molecule has 3 rings (SSSR count). The van der Waals surface area contributed by atoms with E-state index in [9.17, 15) is 9.59 Å². The fourth-order valence-electron chi connectivity index (χ4n) is 5.18. The minimum absolute atomic E-state index is 0.0856. The molecule has 0 aliphatic rings. The van der Waals surface area contributed by atoms with Gasteiger partial charge in [0.15, 0.2) is 0 Å². The first-order valence-electron chi connectivity index (χ1n) is 16.3. The van der Waals surface area contributed by atoms with E-state index >= 15 is 0 Å². The summed E-state index contributed by atoms with van der Waals surface area (Å²) < 4.78 is 5.95. The van der Waals surface area contributed by atoms with E-state index in [1.807, 2.05) is 82.4 Å². The second-order valence-electron chi connectivity index (χ2n) is 14.8. The Morgan fingerprint density at radius 3 is 1.91 bits per heavy atom. The molecule has 0 saturated heterocycles. The van der Waals surface area contributed by atoms with Crippen molar-refractivity contribution in [3.05, 3.63) is 101 Å². The first-order valence-corrected chi connectivity index (χ1v) is 16.3. The molecule has 0 bridgehead atoms. The Kier molecular flexibility index (Phi) is 12.8. The molecule has 0 unspecified atom stereocenters. The van der Waals surface area contributed by atoms with Crippen molar-refractivity contribution in [3.8, 4) is 5.75 Å². The molecule has 0 fully saturated rings. The van der Waals surface area contributed by atoms with E-state index in [1.165, 1.54) is 5.56 Å².